The summed E-state index contributed by atoms with van der Waals surface area (Å²) in [6.07, 6.45) is 6.78. The van der Waals surface area contributed by atoms with Crippen molar-refractivity contribution in [2.75, 3.05) is 0 Å². The van der Waals surface area contributed by atoms with E-state index in [1.807, 2.05) is 25.1 Å². The molecule has 2 aromatic heterocycles. The molecule has 1 N–H and O–H groups in total. The Balaban J connectivity index is 2.33. The second-order valence-corrected chi connectivity index (χ2v) is 3.38. The van der Waals surface area contributed by atoms with Gasteiger partial charge in [0.25, 0.3) is 0 Å². The molecule has 0 aromatic carbocycles. The van der Waals surface area contributed by atoms with E-state index in [1.54, 1.807) is 6.26 Å². The molecule has 0 fully saturated rings. The second kappa shape index (κ2) is 4.17. The van der Waals surface area contributed by atoms with Gasteiger partial charge in [0.2, 0.25) is 0 Å². The number of furan rings is 1. The highest BCUT2D eigenvalue weighted by atomic mass is 16.3. The van der Waals surface area contributed by atoms with Crippen molar-refractivity contribution in [3.63, 3.8) is 0 Å². The minimum Gasteiger partial charge on any atom is -0.461 e. The van der Waals surface area contributed by atoms with E-state index in [0.717, 1.165) is 29.4 Å². The molecule has 0 amide bonds. The molecular weight excluding hydrogens is 188 g/mol. The minimum atomic E-state index is 0.772. The molecule has 0 bridgehead atoms. The summed E-state index contributed by atoms with van der Waals surface area (Å²) in [5.74, 6) is 1.56. The molecule has 0 aliphatic carbocycles. The van der Waals surface area contributed by atoms with Gasteiger partial charge in [0.05, 0.1) is 12.0 Å². The van der Waals surface area contributed by atoms with Gasteiger partial charge in [-0.25, -0.2) is 4.98 Å². The van der Waals surface area contributed by atoms with E-state index in [1.165, 1.54) is 0 Å². The maximum Gasteiger partial charge on any atom is 0.174 e. The molecule has 0 atom stereocenters. The number of H-pyrrole nitrogens is 1. The van der Waals surface area contributed by atoms with Crippen molar-refractivity contribution in [1.29, 1.82) is 0 Å². The molecule has 15 heavy (non-hydrogen) atoms. The first-order valence-electron chi connectivity index (χ1n) is 5.08. The average Bonchev–Trinajstić information content (AvgIpc) is 2.83. The first kappa shape index (κ1) is 9.77. The number of aryl methyl sites for hydroxylation is 1. The summed E-state index contributed by atoms with van der Waals surface area (Å²) >= 11 is 0. The molecule has 0 aliphatic heterocycles. The van der Waals surface area contributed by atoms with Crippen LogP contribution in [0.3, 0.4) is 0 Å². The third-order valence-electron chi connectivity index (χ3n) is 2.19. The van der Waals surface area contributed by atoms with Gasteiger partial charge in [0, 0.05) is 5.69 Å². The summed E-state index contributed by atoms with van der Waals surface area (Å²) in [5.41, 5.74) is 2.04. The van der Waals surface area contributed by atoms with Gasteiger partial charge in [0.15, 0.2) is 11.6 Å². The van der Waals surface area contributed by atoms with Crippen LogP contribution in [0, 0.1) is 6.92 Å². The standard InChI is InChI=1S/C12H14N2O/c1-3-4-6-10-9(2)13-12(14-10)11-7-5-8-15-11/h4-8H,3H2,1-2H3,(H,13,14)/b6-4-. The van der Waals surface area contributed by atoms with E-state index in [4.69, 9.17) is 4.42 Å². The molecule has 3 heteroatoms. The smallest absolute Gasteiger partial charge is 0.174 e. The van der Waals surface area contributed by atoms with E-state index in [9.17, 15) is 0 Å². The monoisotopic (exact) mass is 202 g/mol. The van der Waals surface area contributed by atoms with Crippen LogP contribution in [0.1, 0.15) is 24.7 Å². The zero-order chi connectivity index (χ0) is 10.7. The van der Waals surface area contributed by atoms with Crippen molar-refractivity contribution in [3.05, 3.63) is 35.9 Å². The van der Waals surface area contributed by atoms with Crippen LogP contribution in [0.4, 0.5) is 0 Å². The maximum atomic E-state index is 5.27. The Morgan fingerprint density at radius 1 is 1.53 bits per heavy atom. The predicted octanol–water partition coefficient (Wildman–Crippen LogP) is 3.40. The lowest BCUT2D eigenvalue weighted by molar-refractivity contribution is 0.578. The Morgan fingerprint density at radius 3 is 3.07 bits per heavy atom. The van der Waals surface area contributed by atoms with Crippen molar-refractivity contribution in [1.82, 2.24) is 9.97 Å². The van der Waals surface area contributed by atoms with Crippen LogP contribution in [-0.2, 0) is 0 Å². The van der Waals surface area contributed by atoms with E-state index in [-0.39, 0.29) is 0 Å². The molecule has 3 nitrogen and oxygen atoms in total. The number of allylic oxidation sites excluding steroid dienone is 1. The maximum absolute atomic E-state index is 5.27. The fourth-order valence-electron chi connectivity index (χ4n) is 1.40. The quantitative estimate of drug-likeness (QED) is 0.828. The fraction of sp³-hybridized carbons (Fsp3) is 0.250. The van der Waals surface area contributed by atoms with Crippen LogP contribution >= 0.6 is 0 Å². The second-order valence-electron chi connectivity index (χ2n) is 3.38. The van der Waals surface area contributed by atoms with Gasteiger partial charge >= 0.3 is 0 Å². The summed E-state index contributed by atoms with van der Waals surface area (Å²) in [6, 6.07) is 3.75. The average molecular weight is 202 g/mol. The SMILES string of the molecule is CC/C=C\c1nc(-c2ccco2)[nH]c1C. The number of hydrogen-bond acceptors (Lipinski definition) is 2. The van der Waals surface area contributed by atoms with Gasteiger partial charge in [-0.05, 0) is 31.6 Å². The molecule has 78 valence electrons. The summed E-state index contributed by atoms with van der Waals surface area (Å²) < 4.78 is 5.27. The predicted molar refractivity (Wildman–Crippen MR) is 60.4 cm³/mol. The van der Waals surface area contributed by atoms with Crippen LogP contribution in [0.25, 0.3) is 17.7 Å². The number of hydrogen-bond donors (Lipinski definition) is 1. The zero-order valence-corrected chi connectivity index (χ0v) is 8.95. The molecule has 0 unspecified atom stereocenters. The van der Waals surface area contributed by atoms with Crippen LogP contribution in [0.15, 0.2) is 28.9 Å². The molecule has 2 aromatic rings. The van der Waals surface area contributed by atoms with E-state index >= 15 is 0 Å². The first-order chi connectivity index (χ1) is 7.31. The Hall–Kier alpha value is -1.77. The summed E-state index contributed by atoms with van der Waals surface area (Å²) in [6.45, 7) is 4.11. The molecule has 0 aliphatic rings. The van der Waals surface area contributed by atoms with Crippen LogP contribution in [0.2, 0.25) is 0 Å². The Bertz CT molecular complexity index is 452. The van der Waals surface area contributed by atoms with E-state index in [0.29, 0.717) is 0 Å². The summed E-state index contributed by atoms with van der Waals surface area (Å²) in [5, 5.41) is 0. The third kappa shape index (κ3) is 2.01. The van der Waals surface area contributed by atoms with Crippen molar-refractivity contribution >= 4 is 6.08 Å². The van der Waals surface area contributed by atoms with E-state index in [2.05, 4.69) is 23.0 Å². The lowest BCUT2D eigenvalue weighted by atomic mass is 10.3. The topological polar surface area (TPSA) is 41.8 Å². The van der Waals surface area contributed by atoms with Gasteiger partial charge < -0.3 is 9.40 Å². The fourth-order valence-corrected chi connectivity index (χ4v) is 1.40. The minimum absolute atomic E-state index is 0.772. The first-order valence-corrected chi connectivity index (χ1v) is 5.08. The number of aromatic amines is 1. The van der Waals surface area contributed by atoms with E-state index < -0.39 is 0 Å². The van der Waals surface area contributed by atoms with Crippen molar-refractivity contribution in [2.45, 2.75) is 20.3 Å². The van der Waals surface area contributed by atoms with Gasteiger partial charge in [-0.3, -0.25) is 0 Å². The van der Waals surface area contributed by atoms with Crippen molar-refractivity contribution in [3.8, 4) is 11.6 Å². The molecule has 0 saturated carbocycles. The Labute approximate surface area is 88.8 Å². The molecule has 0 spiro atoms. The number of aromatic nitrogens is 2. The number of rotatable bonds is 3. The summed E-state index contributed by atoms with van der Waals surface area (Å²) in [7, 11) is 0. The molecule has 0 saturated heterocycles. The van der Waals surface area contributed by atoms with Gasteiger partial charge in [-0.15, -0.1) is 0 Å². The number of nitrogens with one attached hydrogen (secondary N) is 1. The lowest BCUT2D eigenvalue weighted by Crippen LogP contribution is -1.75. The molecule has 0 radical (unpaired) electrons. The Morgan fingerprint density at radius 2 is 2.40 bits per heavy atom. The van der Waals surface area contributed by atoms with Crippen LogP contribution < -0.4 is 0 Å². The van der Waals surface area contributed by atoms with Crippen LogP contribution in [0.5, 0.6) is 0 Å². The number of nitrogens with zero attached hydrogens (tertiary/aromatic N) is 1. The van der Waals surface area contributed by atoms with Crippen LogP contribution in [-0.4, -0.2) is 9.97 Å². The molecule has 2 rings (SSSR count). The number of imidazole rings is 1. The molecular formula is C12H14N2O. The highest BCUT2D eigenvalue weighted by Gasteiger charge is 2.07. The van der Waals surface area contributed by atoms with Crippen molar-refractivity contribution in [2.24, 2.45) is 0 Å². The Kier molecular flexibility index (Phi) is 2.72. The largest absolute Gasteiger partial charge is 0.461 e. The highest BCUT2D eigenvalue weighted by molar-refractivity contribution is 5.55. The van der Waals surface area contributed by atoms with Gasteiger partial charge in [0.1, 0.15) is 0 Å². The lowest BCUT2D eigenvalue weighted by Gasteiger charge is -1.86. The molecule has 2 heterocycles. The normalized spacial score (nSPS) is 11.3. The zero-order valence-electron chi connectivity index (χ0n) is 8.95. The highest BCUT2D eigenvalue weighted by Crippen LogP contribution is 2.18. The van der Waals surface area contributed by atoms with Gasteiger partial charge in [-0.1, -0.05) is 13.0 Å². The third-order valence-corrected chi connectivity index (χ3v) is 2.19. The van der Waals surface area contributed by atoms with Crippen molar-refractivity contribution < 1.29 is 4.42 Å². The van der Waals surface area contributed by atoms with Gasteiger partial charge in [-0.2, -0.15) is 0 Å². The summed E-state index contributed by atoms with van der Waals surface area (Å²) in [4.78, 5) is 7.65.